The van der Waals surface area contributed by atoms with Crippen molar-refractivity contribution in [3.05, 3.63) is 58.1 Å². The number of carbonyl (C=O) groups is 2. The fourth-order valence-electron chi connectivity index (χ4n) is 2.64. The molecule has 1 aliphatic rings. The molecule has 0 atom stereocenters. The molecule has 8 heteroatoms. The van der Waals surface area contributed by atoms with Gasteiger partial charge in [-0.25, -0.2) is 4.79 Å². The van der Waals surface area contributed by atoms with Gasteiger partial charge in [0, 0.05) is 4.47 Å². The Morgan fingerprint density at radius 1 is 1.10 bits per heavy atom. The standard InChI is InChI=1S/C21H22BrNO4S2/c1-14-3-8-18(17(22)11-14)23-19(24)12-27-20(25)13-26-16-6-4-15(5-7-16)21-28-9-2-10-29-21/h3-8,11,21H,2,9-10,12-13H2,1H3,(H,23,24). The Bertz CT molecular complexity index is 854. The molecular formula is C21H22BrNO4S2. The van der Waals surface area contributed by atoms with Crippen LogP contribution in [0.4, 0.5) is 5.69 Å². The molecule has 0 saturated carbocycles. The van der Waals surface area contributed by atoms with Crippen molar-refractivity contribution in [1.82, 2.24) is 0 Å². The largest absolute Gasteiger partial charge is 0.482 e. The van der Waals surface area contributed by atoms with Crippen LogP contribution < -0.4 is 10.1 Å². The van der Waals surface area contributed by atoms with Gasteiger partial charge in [0.1, 0.15) is 5.75 Å². The summed E-state index contributed by atoms with van der Waals surface area (Å²) >= 11 is 7.31. The molecule has 0 bridgehead atoms. The van der Waals surface area contributed by atoms with Gasteiger partial charge < -0.3 is 14.8 Å². The molecule has 2 aromatic rings. The third-order valence-corrected chi connectivity index (χ3v) is 7.77. The number of aryl methyl sites for hydroxylation is 1. The van der Waals surface area contributed by atoms with Gasteiger partial charge in [-0.3, -0.25) is 4.79 Å². The lowest BCUT2D eigenvalue weighted by Gasteiger charge is -2.21. The first-order chi connectivity index (χ1) is 14.0. The van der Waals surface area contributed by atoms with Gasteiger partial charge in [-0.2, -0.15) is 0 Å². The highest BCUT2D eigenvalue weighted by Crippen LogP contribution is 2.43. The highest BCUT2D eigenvalue weighted by Gasteiger charge is 2.16. The topological polar surface area (TPSA) is 64.6 Å². The lowest BCUT2D eigenvalue weighted by molar-refractivity contribution is -0.149. The summed E-state index contributed by atoms with van der Waals surface area (Å²) in [6.07, 6.45) is 1.26. The van der Waals surface area contributed by atoms with Crippen LogP contribution in [-0.2, 0) is 14.3 Å². The van der Waals surface area contributed by atoms with Crippen molar-refractivity contribution >= 4 is 57.0 Å². The highest BCUT2D eigenvalue weighted by molar-refractivity contribution is 9.10. The van der Waals surface area contributed by atoms with E-state index in [0.29, 0.717) is 16.0 Å². The third-order valence-electron chi connectivity index (χ3n) is 4.10. The molecule has 1 heterocycles. The molecular weight excluding hydrogens is 474 g/mol. The van der Waals surface area contributed by atoms with E-state index in [1.165, 1.54) is 23.5 Å². The number of esters is 1. The molecule has 0 spiro atoms. The van der Waals surface area contributed by atoms with E-state index in [9.17, 15) is 9.59 Å². The quantitative estimate of drug-likeness (QED) is 0.533. The number of carbonyl (C=O) groups excluding carboxylic acids is 2. The fraction of sp³-hybridized carbons (Fsp3) is 0.333. The number of amides is 1. The second kappa shape index (κ2) is 10.9. The van der Waals surface area contributed by atoms with E-state index in [2.05, 4.69) is 21.2 Å². The molecule has 0 radical (unpaired) electrons. The number of anilines is 1. The molecule has 2 aromatic carbocycles. The van der Waals surface area contributed by atoms with Gasteiger partial charge in [0.2, 0.25) is 0 Å². The van der Waals surface area contributed by atoms with Crippen LogP contribution in [0.1, 0.15) is 22.1 Å². The Morgan fingerprint density at radius 3 is 2.52 bits per heavy atom. The maximum absolute atomic E-state index is 12.0. The van der Waals surface area contributed by atoms with Crippen LogP contribution in [0.2, 0.25) is 0 Å². The summed E-state index contributed by atoms with van der Waals surface area (Å²) in [7, 11) is 0. The zero-order valence-electron chi connectivity index (χ0n) is 16.0. The molecule has 0 aliphatic carbocycles. The van der Waals surface area contributed by atoms with E-state index >= 15 is 0 Å². The smallest absolute Gasteiger partial charge is 0.344 e. The molecule has 0 unspecified atom stereocenters. The molecule has 0 aromatic heterocycles. The maximum Gasteiger partial charge on any atom is 0.344 e. The molecule has 1 amide bonds. The number of benzene rings is 2. The lowest BCUT2D eigenvalue weighted by Crippen LogP contribution is -2.23. The zero-order valence-corrected chi connectivity index (χ0v) is 19.2. The first-order valence-corrected chi connectivity index (χ1v) is 12.1. The Balaban J connectivity index is 1.39. The molecule has 3 rings (SSSR count). The highest BCUT2D eigenvalue weighted by atomic mass is 79.9. The van der Waals surface area contributed by atoms with Gasteiger partial charge in [0.25, 0.3) is 5.91 Å². The van der Waals surface area contributed by atoms with Crippen molar-refractivity contribution in [3.8, 4) is 5.75 Å². The molecule has 5 nitrogen and oxygen atoms in total. The summed E-state index contributed by atoms with van der Waals surface area (Å²) in [5, 5.41) is 2.70. The van der Waals surface area contributed by atoms with Gasteiger partial charge in [-0.05, 0) is 76.2 Å². The minimum atomic E-state index is -0.592. The Morgan fingerprint density at radius 2 is 1.83 bits per heavy atom. The van der Waals surface area contributed by atoms with Crippen molar-refractivity contribution in [2.75, 3.05) is 30.0 Å². The molecule has 1 saturated heterocycles. The van der Waals surface area contributed by atoms with Crippen molar-refractivity contribution in [3.63, 3.8) is 0 Å². The van der Waals surface area contributed by atoms with Crippen LogP contribution in [0, 0.1) is 6.92 Å². The van der Waals surface area contributed by atoms with Gasteiger partial charge in [-0.15, -0.1) is 23.5 Å². The van der Waals surface area contributed by atoms with Crippen LogP contribution in [0.25, 0.3) is 0 Å². The van der Waals surface area contributed by atoms with E-state index in [-0.39, 0.29) is 13.2 Å². The van der Waals surface area contributed by atoms with E-state index in [0.717, 1.165) is 10.0 Å². The summed E-state index contributed by atoms with van der Waals surface area (Å²) in [5.74, 6) is 1.98. The van der Waals surface area contributed by atoms with Gasteiger partial charge in [0.05, 0.1) is 10.3 Å². The summed E-state index contributed by atoms with van der Waals surface area (Å²) < 4.78 is 11.7. The number of hydrogen-bond acceptors (Lipinski definition) is 6. The molecule has 154 valence electrons. The number of hydrogen-bond donors (Lipinski definition) is 1. The Kier molecular flexibility index (Phi) is 8.32. The maximum atomic E-state index is 12.0. The fourth-order valence-corrected chi connectivity index (χ4v) is 6.13. The first-order valence-electron chi connectivity index (χ1n) is 9.19. The van der Waals surface area contributed by atoms with Crippen LogP contribution >= 0.6 is 39.5 Å². The number of thioether (sulfide) groups is 2. The average molecular weight is 496 g/mol. The normalized spacial score (nSPS) is 14.3. The number of rotatable bonds is 7. The predicted molar refractivity (Wildman–Crippen MR) is 123 cm³/mol. The van der Waals surface area contributed by atoms with E-state index < -0.39 is 11.9 Å². The van der Waals surface area contributed by atoms with Crippen LogP contribution in [0.5, 0.6) is 5.75 Å². The van der Waals surface area contributed by atoms with Crippen molar-refractivity contribution in [2.24, 2.45) is 0 Å². The summed E-state index contributed by atoms with van der Waals surface area (Å²) in [6, 6.07) is 13.4. The van der Waals surface area contributed by atoms with E-state index in [1.807, 2.05) is 66.8 Å². The molecule has 1 aliphatic heterocycles. The number of nitrogens with one attached hydrogen (secondary N) is 1. The number of halogens is 1. The van der Waals surface area contributed by atoms with Crippen molar-refractivity contribution in [2.45, 2.75) is 17.9 Å². The molecule has 1 fully saturated rings. The Labute approximate surface area is 187 Å². The van der Waals surface area contributed by atoms with E-state index in [1.54, 1.807) is 6.07 Å². The minimum Gasteiger partial charge on any atom is -0.482 e. The monoisotopic (exact) mass is 495 g/mol. The van der Waals surface area contributed by atoms with Crippen LogP contribution in [-0.4, -0.2) is 36.6 Å². The summed E-state index contributed by atoms with van der Waals surface area (Å²) in [6.45, 7) is 1.35. The first kappa shape index (κ1) is 22.1. The second-order valence-electron chi connectivity index (χ2n) is 6.48. The zero-order chi connectivity index (χ0) is 20.6. The third kappa shape index (κ3) is 6.97. The van der Waals surface area contributed by atoms with Crippen molar-refractivity contribution < 1.29 is 19.1 Å². The molecule has 1 N–H and O–H groups in total. The van der Waals surface area contributed by atoms with E-state index in [4.69, 9.17) is 9.47 Å². The second-order valence-corrected chi connectivity index (χ2v) is 10.1. The summed E-state index contributed by atoms with van der Waals surface area (Å²) in [4.78, 5) is 23.8. The van der Waals surface area contributed by atoms with Crippen LogP contribution in [0.15, 0.2) is 46.9 Å². The van der Waals surface area contributed by atoms with Gasteiger partial charge in [0.15, 0.2) is 13.2 Å². The average Bonchev–Trinajstić information content (AvgIpc) is 2.74. The minimum absolute atomic E-state index is 0.242. The Hall–Kier alpha value is -1.64. The number of ether oxygens (including phenoxy) is 2. The predicted octanol–water partition coefficient (Wildman–Crippen LogP) is 5.19. The van der Waals surface area contributed by atoms with Gasteiger partial charge in [-0.1, -0.05) is 18.2 Å². The lowest BCUT2D eigenvalue weighted by atomic mass is 10.2. The van der Waals surface area contributed by atoms with Crippen LogP contribution in [0.3, 0.4) is 0 Å². The van der Waals surface area contributed by atoms with Gasteiger partial charge >= 0.3 is 5.97 Å². The summed E-state index contributed by atoms with van der Waals surface area (Å²) in [5.41, 5.74) is 2.96. The van der Waals surface area contributed by atoms with Crippen molar-refractivity contribution in [1.29, 1.82) is 0 Å². The SMILES string of the molecule is Cc1ccc(NC(=O)COC(=O)COc2ccc(C3SCCCS3)cc2)c(Br)c1. The molecule has 29 heavy (non-hydrogen) atoms.